The number of ether oxygens (including phenoxy) is 4. The van der Waals surface area contributed by atoms with E-state index in [4.69, 9.17) is 18.9 Å². The smallest absolute Gasteiger partial charge is 0.361 e. The number of hydrogen-bond donors (Lipinski definition) is 1. The van der Waals surface area contributed by atoms with Crippen LogP contribution < -0.4 is 0 Å². The molecule has 0 aromatic rings. The van der Waals surface area contributed by atoms with E-state index in [-0.39, 0.29) is 32.2 Å². The second-order valence-electron chi connectivity index (χ2n) is 17.8. The van der Waals surface area contributed by atoms with Gasteiger partial charge >= 0.3 is 17.9 Å². The van der Waals surface area contributed by atoms with Gasteiger partial charge in [-0.15, -0.1) is 0 Å². The lowest BCUT2D eigenvalue weighted by Crippen LogP contribution is -2.40. The number of esters is 2. The van der Waals surface area contributed by atoms with Gasteiger partial charge < -0.3 is 28.5 Å². The molecule has 0 bridgehead atoms. The van der Waals surface area contributed by atoms with Crippen molar-refractivity contribution in [2.24, 2.45) is 0 Å². The van der Waals surface area contributed by atoms with Crippen molar-refractivity contribution in [3.8, 4) is 0 Å². The number of hydrogen-bond acceptors (Lipinski definition) is 7. The predicted molar refractivity (Wildman–Crippen MR) is 249 cm³/mol. The molecule has 1 N–H and O–H groups in total. The normalized spacial score (nSPS) is 13.2. The van der Waals surface area contributed by atoms with Crippen LogP contribution in [-0.4, -0.2) is 87.4 Å². The first-order chi connectivity index (χ1) is 29.1. The minimum Gasteiger partial charge on any atom is -0.477 e. The van der Waals surface area contributed by atoms with Gasteiger partial charge in [-0.1, -0.05) is 166 Å². The summed E-state index contributed by atoms with van der Waals surface area (Å²) in [6, 6.07) is 0. The van der Waals surface area contributed by atoms with Gasteiger partial charge in [0, 0.05) is 12.8 Å². The molecule has 0 saturated heterocycles. The van der Waals surface area contributed by atoms with Crippen LogP contribution in [0.25, 0.3) is 0 Å². The largest absolute Gasteiger partial charge is 0.477 e. The van der Waals surface area contributed by atoms with Gasteiger partial charge in [-0.05, 0) is 70.6 Å². The number of quaternary nitrogens is 1. The zero-order valence-corrected chi connectivity index (χ0v) is 39.6. The Kier molecular flexibility index (Phi) is 41.4. The number of nitrogens with zero attached hydrogens (tertiary/aromatic N) is 1. The Morgan fingerprint density at radius 1 is 0.500 bits per heavy atom. The Hall–Kier alpha value is -2.49. The molecule has 0 heterocycles. The van der Waals surface area contributed by atoms with E-state index in [0.29, 0.717) is 23.9 Å². The fourth-order valence-electron chi connectivity index (χ4n) is 6.74. The standard InChI is InChI=1S/C51H93NO8/c1-6-8-10-12-14-16-18-20-22-24-25-26-28-30-32-34-36-38-40-42-49(54)60-47(46-59-51(50(55)56)57-44-43-52(3,4)5)45-58-48(53)41-39-37-35-33-31-29-27-23-21-19-17-15-13-11-9-7-2/h14,16,20,22-23,27,47,51H,6-13,15,17-19,21,24-26,28-46H2,1-5H3/p+1/b16-14-,22-20-,27-23-. The highest BCUT2D eigenvalue weighted by molar-refractivity contribution is 5.71. The SMILES string of the molecule is CCCCC/C=C\C/C=C\CCCCCCCCCCCC(=O)OC(COC(=O)CCCCCCC/C=C\CCCCCCCCC)COC(OCC[N+](C)(C)C)C(=O)O. The number of likely N-dealkylation sites (N-methyl/N-ethyl adjacent to an activating group) is 1. The summed E-state index contributed by atoms with van der Waals surface area (Å²) in [6.07, 6.45) is 46.2. The lowest BCUT2D eigenvalue weighted by atomic mass is 10.1. The fraction of sp³-hybridized carbons (Fsp3) is 0.824. The third-order valence-electron chi connectivity index (χ3n) is 10.6. The number of carbonyl (C=O) groups is 3. The van der Waals surface area contributed by atoms with Gasteiger partial charge in [-0.25, -0.2) is 4.79 Å². The van der Waals surface area contributed by atoms with Crippen LogP contribution in [0.4, 0.5) is 0 Å². The second-order valence-corrected chi connectivity index (χ2v) is 17.8. The maximum atomic E-state index is 12.8. The zero-order valence-electron chi connectivity index (χ0n) is 39.6. The number of aliphatic carboxylic acids is 1. The number of unbranched alkanes of at least 4 members (excludes halogenated alkanes) is 24. The van der Waals surface area contributed by atoms with Gasteiger partial charge in [0.1, 0.15) is 13.2 Å². The van der Waals surface area contributed by atoms with Gasteiger partial charge in [0.25, 0.3) is 6.29 Å². The molecule has 0 aliphatic carbocycles. The summed E-state index contributed by atoms with van der Waals surface area (Å²) in [5.74, 6) is -2.02. The quantitative estimate of drug-likeness (QED) is 0.0212. The fourth-order valence-corrected chi connectivity index (χ4v) is 6.74. The first kappa shape index (κ1) is 57.5. The third kappa shape index (κ3) is 43.6. The van der Waals surface area contributed by atoms with Crippen LogP contribution in [0.5, 0.6) is 0 Å². The summed E-state index contributed by atoms with van der Waals surface area (Å²) < 4.78 is 22.8. The molecule has 0 amide bonds. The van der Waals surface area contributed by atoms with Crippen LogP contribution in [0.15, 0.2) is 36.5 Å². The Labute approximate surface area is 369 Å². The Balaban J connectivity index is 4.39. The Morgan fingerprint density at radius 3 is 1.37 bits per heavy atom. The molecule has 0 aromatic carbocycles. The van der Waals surface area contributed by atoms with E-state index in [1.54, 1.807) is 0 Å². The first-order valence-electron chi connectivity index (χ1n) is 24.7. The summed E-state index contributed by atoms with van der Waals surface area (Å²) in [5, 5.41) is 9.66. The molecule has 0 radical (unpaired) electrons. The maximum Gasteiger partial charge on any atom is 0.361 e. The molecule has 9 nitrogen and oxygen atoms in total. The minimum atomic E-state index is -1.51. The third-order valence-corrected chi connectivity index (χ3v) is 10.6. The molecule has 0 aliphatic rings. The van der Waals surface area contributed by atoms with Crippen LogP contribution in [0.1, 0.15) is 213 Å². The number of rotatable bonds is 45. The molecule has 0 rings (SSSR count). The lowest BCUT2D eigenvalue weighted by molar-refractivity contribution is -0.870. The van der Waals surface area contributed by atoms with Crippen molar-refractivity contribution in [3.63, 3.8) is 0 Å². The highest BCUT2D eigenvalue weighted by atomic mass is 16.7. The lowest BCUT2D eigenvalue weighted by Gasteiger charge is -2.25. The molecule has 0 spiro atoms. The average molecular weight is 849 g/mol. The summed E-state index contributed by atoms with van der Waals surface area (Å²) >= 11 is 0. The minimum absolute atomic E-state index is 0.186. The van der Waals surface area contributed by atoms with Crippen molar-refractivity contribution in [2.45, 2.75) is 225 Å². The van der Waals surface area contributed by atoms with E-state index < -0.39 is 24.3 Å². The summed E-state index contributed by atoms with van der Waals surface area (Å²) in [4.78, 5) is 37.2. The average Bonchev–Trinajstić information content (AvgIpc) is 3.21. The molecule has 0 saturated carbocycles. The highest BCUT2D eigenvalue weighted by Crippen LogP contribution is 2.14. The molecule has 60 heavy (non-hydrogen) atoms. The van der Waals surface area contributed by atoms with E-state index in [9.17, 15) is 19.5 Å². The molecule has 9 heteroatoms. The van der Waals surface area contributed by atoms with E-state index in [2.05, 4.69) is 50.3 Å². The number of carboxylic acid groups (broad SMARTS) is 1. The van der Waals surface area contributed by atoms with E-state index in [1.807, 2.05) is 21.1 Å². The van der Waals surface area contributed by atoms with E-state index in [0.717, 1.165) is 70.6 Å². The summed E-state index contributed by atoms with van der Waals surface area (Å²) in [5.41, 5.74) is 0. The van der Waals surface area contributed by atoms with Gasteiger partial charge in [-0.2, -0.15) is 0 Å². The second kappa shape index (κ2) is 43.2. The molecular weight excluding hydrogens is 755 g/mol. The molecule has 350 valence electrons. The number of allylic oxidation sites excluding steroid dienone is 6. The molecule has 0 aliphatic heterocycles. The van der Waals surface area contributed by atoms with Gasteiger partial charge in [0.15, 0.2) is 6.10 Å². The van der Waals surface area contributed by atoms with Crippen molar-refractivity contribution in [1.29, 1.82) is 0 Å². The first-order valence-corrected chi connectivity index (χ1v) is 24.7. The molecular formula is C51H94NO8+. The maximum absolute atomic E-state index is 12.8. The highest BCUT2D eigenvalue weighted by Gasteiger charge is 2.25. The molecule has 0 aromatic heterocycles. The van der Waals surface area contributed by atoms with Crippen LogP contribution in [0, 0.1) is 0 Å². The van der Waals surface area contributed by atoms with Crippen molar-refractivity contribution >= 4 is 17.9 Å². The number of carbonyl (C=O) groups excluding carboxylic acids is 2. The van der Waals surface area contributed by atoms with Gasteiger partial charge in [-0.3, -0.25) is 9.59 Å². The van der Waals surface area contributed by atoms with Crippen molar-refractivity contribution < 1.29 is 42.9 Å². The van der Waals surface area contributed by atoms with Crippen LogP contribution in [0.3, 0.4) is 0 Å². The zero-order chi connectivity index (χ0) is 44.2. The van der Waals surface area contributed by atoms with Crippen molar-refractivity contribution in [3.05, 3.63) is 36.5 Å². The van der Waals surface area contributed by atoms with Crippen molar-refractivity contribution in [1.82, 2.24) is 0 Å². The van der Waals surface area contributed by atoms with Crippen LogP contribution in [0.2, 0.25) is 0 Å². The molecule has 0 fully saturated rings. The van der Waals surface area contributed by atoms with Crippen molar-refractivity contribution in [2.75, 3.05) is 47.5 Å². The Bertz CT molecular complexity index is 1080. The number of carboxylic acids is 1. The van der Waals surface area contributed by atoms with Crippen LogP contribution in [-0.2, 0) is 33.3 Å². The van der Waals surface area contributed by atoms with Gasteiger partial charge in [0.05, 0.1) is 34.4 Å². The molecule has 2 unspecified atom stereocenters. The molecule has 2 atom stereocenters. The topological polar surface area (TPSA) is 108 Å². The van der Waals surface area contributed by atoms with E-state index in [1.165, 1.54) is 109 Å². The summed E-state index contributed by atoms with van der Waals surface area (Å²) in [7, 11) is 5.96. The predicted octanol–water partition coefficient (Wildman–Crippen LogP) is 13.4. The van der Waals surface area contributed by atoms with Gasteiger partial charge in [0.2, 0.25) is 0 Å². The Morgan fingerprint density at radius 2 is 0.900 bits per heavy atom. The van der Waals surface area contributed by atoms with E-state index >= 15 is 0 Å². The van der Waals surface area contributed by atoms with Crippen LogP contribution >= 0.6 is 0 Å². The monoisotopic (exact) mass is 849 g/mol. The summed E-state index contributed by atoms with van der Waals surface area (Å²) in [6.45, 7) is 4.84.